The summed E-state index contributed by atoms with van der Waals surface area (Å²) < 4.78 is 13.9. The first-order chi connectivity index (χ1) is 15.6. The van der Waals surface area contributed by atoms with Crippen molar-refractivity contribution < 1.29 is 9.18 Å². The van der Waals surface area contributed by atoms with E-state index in [1.165, 1.54) is 6.07 Å². The molecule has 3 heterocycles. The first kappa shape index (κ1) is 22.2. The van der Waals surface area contributed by atoms with Gasteiger partial charge in [0.2, 0.25) is 5.91 Å². The van der Waals surface area contributed by atoms with Crippen molar-refractivity contribution in [1.82, 2.24) is 25.0 Å². The molecule has 0 unspecified atom stereocenters. The van der Waals surface area contributed by atoms with Crippen LogP contribution < -0.4 is 5.32 Å². The van der Waals surface area contributed by atoms with Crippen LogP contribution >= 0.6 is 0 Å². The Labute approximate surface area is 188 Å². The molecule has 0 aliphatic carbocycles. The van der Waals surface area contributed by atoms with Crippen molar-refractivity contribution in [1.29, 1.82) is 0 Å². The molecule has 0 radical (unpaired) electrons. The highest BCUT2D eigenvalue weighted by molar-refractivity contribution is 5.87. The molecule has 0 saturated carbocycles. The number of benzene rings is 1. The van der Waals surface area contributed by atoms with E-state index < -0.39 is 0 Å². The Morgan fingerprint density at radius 3 is 2.66 bits per heavy atom. The summed E-state index contributed by atoms with van der Waals surface area (Å²) in [4.78, 5) is 21.3. The summed E-state index contributed by atoms with van der Waals surface area (Å²) in [7, 11) is 0. The van der Waals surface area contributed by atoms with Crippen LogP contribution in [0, 0.1) is 5.82 Å². The summed E-state index contributed by atoms with van der Waals surface area (Å²) in [5.74, 6) is 1.02. The summed E-state index contributed by atoms with van der Waals surface area (Å²) in [6.45, 7) is 8.22. The van der Waals surface area contributed by atoms with Gasteiger partial charge in [-0.3, -0.25) is 14.8 Å². The summed E-state index contributed by atoms with van der Waals surface area (Å²) in [6, 6.07) is 10.8. The van der Waals surface area contributed by atoms with Gasteiger partial charge in [-0.2, -0.15) is 5.10 Å². The van der Waals surface area contributed by atoms with Gasteiger partial charge in [0.15, 0.2) is 11.5 Å². The van der Waals surface area contributed by atoms with Crippen LogP contribution in [0.5, 0.6) is 0 Å². The lowest BCUT2D eigenvalue weighted by Gasteiger charge is -2.32. The number of carbonyl (C=O) groups excluding carboxylic acids is 1. The van der Waals surface area contributed by atoms with Gasteiger partial charge in [0.1, 0.15) is 5.82 Å². The van der Waals surface area contributed by atoms with Crippen LogP contribution in [0.1, 0.15) is 43.9 Å². The molecule has 1 aliphatic heterocycles. The van der Waals surface area contributed by atoms with E-state index in [9.17, 15) is 9.18 Å². The predicted molar refractivity (Wildman–Crippen MR) is 124 cm³/mol. The molecule has 1 fully saturated rings. The fourth-order valence-corrected chi connectivity index (χ4v) is 4.36. The molecule has 1 saturated heterocycles. The maximum Gasteiger partial charge on any atom is 0.236 e. The number of hydrogen-bond acceptors (Lipinski definition) is 5. The molecular formula is C24H31FN6O. The van der Waals surface area contributed by atoms with Gasteiger partial charge in [0.25, 0.3) is 0 Å². The zero-order chi connectivity index (χ0) is 22.5. The lowest BCUT2D eigenvalue weighted by atomic mass is 9.93. The number of hydrogen-bond donors (Lipinski definition) is 2. The van der Waals surface area contributed by atoms with Crippen LogP contribution in [0.4, 0.5) is 10.2 Å². The standard InChI is InChI=1S/C24H31FN6O/c1-3-31(4-2)22(32)16-30-13-11-17(12-14-30)21-10-9-19-23(28-29-24(19)27-21)26-15-18-7-5-6-8-20(18)25/h5-10,17H,3-4,11-16H2,1-2H3,(H2,26,27,28,29). The predicted octanol–water partition coefficient (Wildman–Crippen LogP) is 3.76. The lowest BCUT2D eigenvalue weighted by Crippen LogP contribution is -2.43. The molecule has 0 spiro atoms. The summed E-state index contributed by atoms with van der Waals surface area (Å²) >= 11 is 0. The van der Waals surface area contributed by atoms with Crippen LogP contribution in [0.2, 0.25) is 0 Å². The van der Waals surface area contributed by atoms with Gasteiger partial charge in [-0.25, -0.2) is 9.37 Å². The van der Waals surface area contributed by atoms with Gasteiger partial charge >= 0.3 is 0 Å². The van der Waals surface area contributed by atoms with Gasteiger partial charge in [-0.05, 0) is 58.0 Å². The molecule has 32 heavy (non-hydrogen) atoms. The Kier molecular flexibility index (Phi) is 6.99. The number of carbonyl (C=O) groups is 1. The number of aromatic amines is 1. The molecule has 1 aromatic carbocycles. The second-order valence-electron chi connectivity index (χ2n) is 8.27. The SMILES string of the molecule is CCN(CC)C(=O)CN1CCC(c2ccc3c(NCc4ccccc4F)n[nH]c3n2)CC1. The smallest absolute Gasteiger partial charge is 0.236 e. The van der Waals surface area contributed by atoms with Crippen molar-refractivity contribution in [3.63, 3.8) is 0 Å². The molecule has 8 heteroatoms. The molecule has 0 bridgehead atoms. The zero-order valence-electron chi connectivity index (χ0n) is 18.8. The van der Waals surface area contributed by atoms with Crippen molar-refractivity contribution in [2.45, 2.75) is 39.2 Å². The molecule has 0 atom stereocenters. The highest BCUT2D eigenvalue weighted by Gasteiger charge is 2.24. The number of fused-ring (bicyclic) bond motifs is 1. The van der Waals surface area contributed by atoms with E-state index in [1.807, 2.05) is 30.9 Å². The van der Waals surface area contributed by atoms with Crippen LogP contribution in [-0.4, -0.2) is 63.6 Å². The number of pyridine rings is 1. The van der Waals surface area contributed by atoms with Crippen LogP contribution in [0.3, 0.4) is 0 Å². The normalized spacial score (nSPS) is 15.2. The van der Waals surface area contributed by atoms with E-state index in [-0.39, 0.29) is 11.7 Å². The van der Waals surface area contributed by atoms with Crippen LogP contribution in [0.25, 0.3) is 11.0 Å². The number of likely N-dealkylation sites (N-methyl/N-ethyl adjacent to an activating group) is 1. The number of H-pyrrole nitrogens is 1. The third kappa shape index (κ3) is 4.91. The molecule has 7 nitrogen and oxygen atoms in total. The highest BCUT2D eigenvalue weighted by Crippen LogP contribution is 2.29. The highest BCUT2D eigenvalue weighted by atomic mass is 19.1. The van der Waals surface area contributed by atoms with E-state index in [0.717, 1.165) is 55.7 Å². The van der Waals surface area contributed by atoms with Gasteiger partial charge in [0.05, 0.1) is 11.9 Å². The summed E-state index contributed by atoms with van der Waals surface area (Å²) in [5.41, 5.74) is 2.38. The van der Waals surface area contributed by atoms with E-state index in [4.69, 9.17) is 4.98 Å². The number of piperidine rings is 1. The number of aromatic nitrogens is 3. The van der Waals surface area contributed by atoms with Crippen molar-refractivity contribution in [3.8, 4) is 0 Å². The van der Waals surface area contributed by atoms with Crippen molar-refractivity contribution in [3.05, 3.63) is 53.5 Å². The fourth-order valence-electron chi connectivity index (χ4n) is 4.36. The average Bonchev–Trinajstić information content (AvgIpc) is 3.22. The third-order valence-corrected chi connectivity index (χ3v) is 6.33. The fraction of sp³-hybridized carbons (Fsp3) is 0.458. The number of rotatable bonds is 8. The Balaban J connectivity index is 1.36. The van der Waals surface area contributed by atoms with Gasteiger partial charge in [0, 0.05) is 36.8 Å². The number of anilines is 1. The Bertz CT molecular complexity index is 1060. The molecule has 4 rings (SSSR count). The molecular weight excluding hydrogens is 407 g/mol. The zero-order valence-corrected chi connectivity index (χ0v) is 18.8. The van der Waals surface area contributed by atoms with Gasteiger partial charge in [-0.15, -0.1) is 0 Å². The lowest BCUT2D eigenvalue weighted by molar-refractivity contribution is -0.132. The van der Waals surface area contributed by atoms with Crippen molar-refractivity contribution in [2.75, 3.05) is 38.0 Å². The number of amides is 1. The molecule has 2 N–H and O–H groups in total. The monoisotopic (exact) mass is 438 g/mol. The number of nitrogens with one attached hydrogen (secondary N) is 2. The van der Waals surface area contributed by atoms with Gasteiger partial charge < -0.3 is 10.2 Å². The summed E-state index contributed by atoms with van der Waals surface area (Å²) in [6.07, 6.45) is 1.97. The first-order valence-electron chi connectivity index (χ1n) is 11.4. The Morgan fingerprint density at radius 1 is 1.19 bits per heavy atom. The molecule has 1 aliphatic rings. The molecule has 170 valence electrons. The van der Waals surface area contributed by atoms with Crippen molar-refractivity contribution in [2.24, 2.45) is 0 Å². The second kappa shape index (κ2) is 10.1. The quantitative estimate of drug-likeness (QED) is 0.560. The number of nitrogens with zero attached hydrogens (tertiary/aromatic N) is 4. The maximum atomic E-state index is 13.9. The summed E-state index contributed by atoms with van der Waals surface area (Å²) in [5, 5.41) is 11.4. The van der Waals surface area contributed by atoms with E-state index >= 15 is 0 Å². The van der Waals surface area contributed by atoms with Gasteiger partial charge in [-0.1, -0.05) is 18.2 Å². The number of halogens is 1. The minimum Gasteiger partial charge on any atom is -0.364 e. The largest absolute Gasteiger partial charge is 0.364 e. The topological polar surface area (TPSA) is 77.2 Å². The minimum absolute atomic E-state index is 0.209. The van der Waals surface area contributed by atoms with E-state index in [1.54, 1.807) is 12.1 Å². The molecule has 2 aromatic heterocycles. The molecule has 3 aromatic rings. The Morgan fingerprint density at radius 2 is 1.94 bits per heavy atom. The van der Waals surface area contributed by atoms with Crippen LogP contribution in [-0.2, 0) is 11.3 Å². The minimum atomic E-state index is -0.231. The second-order valence-corrected chi connectivity index (χ2v) is 8.27. The van der Waals surface area contributed by atoms with Crippen LogP contribution in [0.15, 0.2) is 36.4 Å². The molecule has 1 amide bonds. The van der Waals surface area contributed by atoms with Crippen molar-refractivity contribution >= 4 is 22.8 Å². The average molecular weight is 439 g/mol. The maximum absolute atomic E-state index is 13.9. The number of likely N-dealkylation sites (tertiary alicyclic amines) is 1. The Hall–Kier alpha value is -3.00. The first-order valence-corrected chi connectivity index (χ1v) is 11.4. The van der Waals surface area contributed by atoms with E-state index in [2.05, 4.69) is 26.5 Å². The van der Waals surface area contributed by atoms with E-state index in [0.29, 0.717) is 30.4 Å². The third-order valence-electron chi connectivity index (χ3n) is 6.33.